The standard InChI is InChI=1S/C13H34O2Si3/c1-13(2)11-10-12-18(9,14-16(3,4)5)15-17(6,7)8/h13H,10-12H2,1-9H3. The van der Waals surface area contributed by atoms with Crippen LogP contribution in [0.5, 0.6) is 0 Å². The summed E-state index contributed by atoms with van der Waals surface area (Å²) in [5.74, 6) is 0.780. The zero-order valence-electron chi connectivity index (χ0n) is 14.0. The molecule has 0 aliphatic carbocycles. The lowest BCUT2D eigenvalue weighted by atomic mass is 10.1. The van der Waals surface area contributed by atoms with E-state index in [1.54, 1.807) is 0 Å². The summed E-state index contributed by atoms with van der Waals surface area (Å²) >= 11 is 0. The molecule has 0 N–H and O–H groups in total. The summed E-state index contributed by atoms with van der Waals surface area (Å²) in [7, 11) is -4.98. The van der Waals surface area contributed by atoms with Crippen molar-refractivity contribution in [1.29, 1.82) is 0 Å². The Morgan fingerprint density at radius 2 is 1.17 bits per heavy atom. The SMILES string of the molecule is CC(C)CCC[Si](C)(O[Si](C)(C)C)O[Si](C)(C)C. The van der Waals surface area contributed by atoms with Gasteiger partial charge >= 0.3 is 8.56 Å². The van der Waals surface area contributed by atoms with Crippen molar-refractivity contribution in [3.63, 3.8) is 0 Å². The Labute approximate surface area is 118 Å². The Hall–Kier alpha value is 0.571. The van der Waals surface area contributed by atoms with E-state index in [1.165, 1.54) is 12.8 Å². The first-order valence-electron chi connectivity index (χ1n) is 7.23. The summed E-state index contributed by atoms with van der Waals surface area (Å²) in [6.45, 7) is 20.5. The molecule has 0 aliphatic rings. The highest BCUT2D eigenvalue weighted by molar-refractivity contribution is 6.87. The molecule has 0 radical (unpaired) electrons. The van der Waals surface area contributed by atoms with Crippen molar-refractivity contribution in [2.24, 2.45) is 5.92 Å². The molecule has 18 heavy (non-hydrogen) atoms. The van der Waals surface area contributed by atoms with Crippen LogP contribution in [0.1, 0.15) is 26.7 Å². The van der Waals surface area contributed by atoms with Crippen LogP contribution in [0.4, 0.5) is 0 Å². The fourth-order valence-electron chi connectivity index (χ4n) is 2.25. The van der Waals surface area contributed by atoms with Crippen LogP contribution in [0.2, 0.25) is 51.9 Å². The first kappa shape index (κ1) is 18.6. The number of hydrogen-bond acceptors (Lipinski definition) is 2. The zero-order chi connectivity index (χ0) is 14.6. The van der Waals surface area contributed by atoms with Gasteiger partial charge in [-0.15, -0.1) is 0 Å². The monoisotopic (exact) mass is 306 g/mol. The molecule has 0 aromatic heterocycles. The van der Waals surface area contributed by atoms with Gasteiger partial charge in [0, 0.05) is 0 Å². The zero-order valence-corrected chi connectivity index (χ0v) is 17.0. The molecule has 0 spiro atoms. The van der Waals surface area contributed by atoms with Crippen LogP contribution in [0.25, 0.3) is 0 Å². The Balaban J connectivity index is 4.60. The van der Waals surface area contributed by atoms with Crippen LogP contribution in [0.3, 0.4) is 0 Å². The molecular formula is C13H34O2Si3. The summed E-state index contributed by atoms with van der Waals surface area (Å²) in [6.07, 6.45) is 2.53. The average Bonchev–Trinajstić information content (AvgIpc) is 1.93. The van der Waals surface area contributed by atoms with Gasteiger partial charge < -0.3 is 8.23 Å². The Morgan fingerprint density at radius 3 is 1.44 bits per heavy atom. The Bertz CT molecular complexity index is 226. The first-order chi connectivity index (χ1) is 7.83. The van der Waals surface area contributed by atoms with Gasteiger partial charge in [-0.2, -0.15) is 0 Å². The second-order valence-corrected chi connectivity index (χ2v) is 20.7. The minimum atomic E-state index is -1.96. The van der Waals surface area contributed by atoms with Crippen molar-refractivity contribution < 1.29 is 8.23 Å². The van der Waals surface area contributed by atoms with Gasteiger partial charge in [-0.1, -0.05) is 26.7 Å². The molecule has 0 bridgehead atoms. The molecule has 2 nitrogen and oxygen atoms in total. The van der Waals surface area contributed by atoms with E-state index in [-0.39, 0.29) is 0 Å². The number of hydrogen-bond donors (Lipinski definition) is 0. The summed E-state index contributed by atoms with van der Waals surface area (Å²) in [4.78, 5) is 0. The second kappa shape index (κ2) is 6.83. The van der Waals surface area contributed by atoms with E-state index in [1.807, 2.05) is 0 Å². The van der Waals surface area contributed by atoms with Gasteiger partial charge in [0.05, 0.1) is 0 Å². The molecule has 0 heterocycles. The Morgan fingerprint density at radius 1 is 0.778 bits per heavy atom. The third kappa shape index (κ3) is 10.5. The predicted octanol–water partition coefficient (Wildman–Crippen LogP) is 5.20. The van der Waals surface area contributed by atoms with Crippen molar-refractivity contribution in [1.82, 2.24) is 0 Å². The van der Waals surface area contributed by atoms with Gasteiger partial charge in [0.25, 0.3) is 0 Å². The van der Waals surface area contributed by atoms with Crippen LogP contribution in [0, 0.1) is 5.92 Å². The first-order valence-corrected chi connectivity index (χ1v) is 16.6. The van der Waals surface area contributed by atoms with E-state index in [0.29, 0.717) is 0 Å². The van der Waals surface area contributed by atoms with E-state index in [4.69, 9.17) is 8.23 Å². The van der Waals surface area contributed by atoms with Crippen molar-refractivity contribution >= 4 is 25.2 Å². The lowest BCUT2D eigenvalue weighted by molar-refractivity contribution is 0.378. The normalized spacial score (nSPS) is 14.3. The predicted molar refractivity (Wildman–Crippen MR) is 89.4 cm³/mol. The molecule has 0 atom stereocenters. The molecule has 0 fully saturated rings. The molecule has 5 heteroatoms. The van der Waals surface area contributed by atoms with Crippen molar-refractivity contribution in [2.75, 3.05) is 0 Å². The lowest BCUT2D eigenvalue weighted by Gasteiger charge is -2.38. The third-order valence-corrected chi connectivity index (χ3v) is 12.1. The lowest BCUT2D eigenvalue weighted by Crippen LogP contribution is -2.52. The van der Waals surface area contributed by atoms with Crippen LogP contribution < -0.4 is 0 Å². The van der Waals surface area contributed by atoms with E-state index in [0.717, 1.165) is 12.0 Å². The third-order valence-electron chi connectivity index (χ3n) is 2.46. The van der Waals surface area contributed by atoms with E-state index in [9.17, 15) is 0 Å². The highest BCUT2D eigenvalue weighted by atomic mass is 28.5. The fourth-order valence-corrected chi connectivity index (χ4v) is 14.8. The highest BCUT2D eigenvalue weighted by Gasteiger charge is 2.39. The molecule has 0 amide bonds. The largest absolute Gasteiger partial charge is 0.437 e. The molecule has 0 saturated heterocycles. The van der Waals surface area contributed by atoms with Gasteiger partial charge in [0.15, 0.2) is 16.6 Å². The van der Waals surface area contributed by atoms with Gasteiger partial charge in [0.1, 0.15) is 0 Å². The van der Waals surface area contributed by atoms with E-state index >= 15 is 0 Å². The van der Waals surface area contributed by atoms with Crippen LogP contribution >= 0.6 is 0 Å². The molecule has 0 unspecified atom stereocenters. The van der Waals surface area contributed by atoms with Crippen LogP contribution in [0.15, 0.2) is 0 Å². The minimum absolute atomic E-state index is 0.780. The second-order valence-electron chi connectivity index (χ2n) is 7.85. The molecule has 0 aliphatic heterocycles. The summed E-state index contributed by atoms with van der Waals surface area (Å²) in [6, 6.07) is 1.15. The van der Waals surface area contributed by atoms with Gasteiger partial charge in [0.2, 0.25) is 0 Å². The van der Waals surface area contributed by atoms with E-state index in [2.05, 4.69) is 59.7 Å². The van der Waals surface area contributed by atoms with Crippen molar-refractivity contribution in [3.8, 4) is 0 Å². The molecule has 110 valence electrons. The molecule has 0 aromatic carbocycles. The maximum atomic E-state index is 6.47. The summed E-state index contributed by atoms with van der Waals surface area (Å²) < 4.78 is 12.9. The number of rotatable bonds is 8. The smallest absolute Gasteiger partial charge is 0.314 e. The van der Waals surface area contributed by atoms with Gasteiger partial charge in [-0.3, -0.25) is 0 Å². The molecular weight excluding hydrogens is 272 g/mol. The quantitative estimate of drug-likeness (QED) is 0.574. The average molecular weight is 307 g/mol. The molecule has 0 aromatic rings. The molecule has 0 rings (SSSR count). The fraction of sp³-hybridized carbons (Fsp3) is 1.00. The Kier molecular flexibility index (Phi) is 7.05. The van der Waals surface area contributed by atoms with E-state index < -0.39 is 25.2 Å². The van der Waals surface area contributed by atoms with Crippen LogP contribution in [-0.4, -0.2) is 25.2 Å². The summed E-state index contributed by atoms with van der Waals surface area (Å²) in [5, 5.41) is 0. The van der Waals surface area contributed by atoms with Gasteiger partial charge in [-0.05, 0) is 57.8 Å². The van der Waals surface area contributed by atoms with Gasteiger partial charge in [-0.25, -0.2) is 0 Å². The topological polar surface area (TPSA) is 18.5 Å². The molecule has 0 saturated carbocycles. The summed E-state index contributed by atoms with van der Waals surface area (Å²) in [5.41, 5.74) is 0. The minimum Gasteiger partial charge on any atom is -0.437 e. The maximum absolute atomic E-state index is 6.47. The van der Waals surface area contributed by atoms with Crippen LogP contribution in [-0.2, 0) is 8.23 Å². The van der Waals surface area contributed by atoms with Crippen molar-refractivity contribution in [2.45, 2.75) is 78.6 Å². The van der Waals surface area contributed by atoms with Crippen molar-refractivity contribution in [3.05, 3.63) is 0 Å². The highest BCUT2D eigenvalue weighted by Crippen LogP contribution is 2.26. The maximum Gasteiger partial charge on any atom is 0.314 e.